The van der Waals surface area contributed by atoms with Gasteiger partial charge in [-0.05, 0) is 36.4 Å². The summed E-state index contributed by atoms with van der Waals surface area (Å²) < 4.78 is 16.1. The molecule has 0 unspecified atom stereocenters. The molecule has 0 spiro atoms. The number of amides is 1. The molecule has 9 heteroatoms. The van der Waals surface area contributed by atoms with Crippen LogP contribution in [0.15, 0.2) is 75.0 Å². The Bertz CT molecular complexity index is 1110. The van der Waals surface area contributed by atoms with Gasteiger partial charge < -0.3 is 18.9 Å². The van der Waals surface area contributed by atoms with Crippen LogP contribution in [0, 0.1) is 0 Å². The van der Waals surface area contributed by atoms with E-state index in [0.29, 0.717) is 51.7 Å². The summed E-state index contributed by atoms with van der Waals surface area (Å²) in [4.78, 5) is 16.8. The Kier molecular flexibility index (Phi) is 6.09. The van der Waals surface area contributed by atoms with Gasteiger partial charge in [0, 0.05) is 23.9 Å². The summed E-state index contributed by atoms with van der Waals surface area (Å²) in [5, 5.41) is 11.7. The number of methoxy groups -OCH3 is 1. The SMILES string of the molecule is COc1cccc(NC(=O)CCSc2nnc(-c3ccco3)c(-c3ccco3)n2)c1. The van der Waals surface area contributed by atoms with Crippen molar-refractivity contribution in [2.24, 2.45) is 0 Å². The topological polar surface area (TPSA) is 103 Å². The monoisotopic (exact) mass is 422 g/mol. The van der Waals surface area contributed by atoms with Crippen LogP contribution in [-0.2, 0) is 4.79 Å². The lowest BCUT2D eigenvalue weighted by atomic mass is 10.2. The Balaban J connectivity index is 1.41. The van der Waals surface area contributed by atoms with Crippen molar-refractivity contribution < 1.29 is 18.4 Å². The molecular weight excluding hydrogens is 404 g/mol. The largest absolute Gasteiger partial charge is 0.497 e. The molecule has 1 N–H and O–H groups in total. The number of thioether (sulfide) groups is 1. The average Bonchev–Trinajstić information content (AvgIpc) is 3.48. The van der Waals surface area contributed by atoms with Gasteiger partial charge in [-0.3, -0.25) is 4.79 Å². The van der Waals surface area contributed by atoms with Crippen LogP contribution >= 0.6 is 11.8 Å². The fourth-order valence-electron chi connectivity index (χ4n) is 2.70. The molecular formula is C21H18N4O4S. The summed E-state index contributed by atoms with van der Waals surface area (Å²) in [6.07, 6.45) is 3.42. The lowest BCUT2D eigenvalue weighted by molar-refractivity contribution is -0.115. The first-order valence-electron chi connectivity index (χ1n) is 9.12. The predicted octanol–water partition coefficient (Wildman–Crippen LogP) is 4.52. The van der Waals surface area contributed by atoms with Gasteiger partial charge >= 0.3 is 0 Å². The average molecular weight is 422 g/mol. The van der Waals surface area contributed by atoms with E-state index in [2.05, 4.69) is 20.5 Å². The van der Waals surface area contributed by atoms with Gasteiger partial charge in [0.1, 0.15) is 11.4 Å². The smallest absolute Gasteiger partial charge is 0.225 e. The normalized spacial score (nSPS) is 10.7. The van der Waals surface area contributed by atoms with Gasteiger partial charge in [0.2, 0.25) is 11.1 Å². The Hall–Kier alpha value is -3.59. The molecule has 4 aromatic rings. The zero-order chi connectivity index (χ0) is 20.8. The Morgan fingerprint density at radius 3 is 2.50 bits per heavy atom. The van der Waals surface area contributed by atoms with Gasteiger partial charge in [0.05, 0.1) is 19.6 Å². The number of aromatic nitrogens is 3. The van der Waals surface area contributed by atoms with Crippen molar-refractivity contribution >= 4 is 23.4 Å². The van der Waals surface area contributed by atoms with Crippen molar-refractivity contribution in [1.82, 2.24) is 15.2 Å². The van der Waals surface area contributed by atoms with Gasteiger partial charge in [0.15, 0.2) is 17.2 Å². The fourth-order valence-corrected chi connectivity index (χ4v) is 3.42. The highest BCUT2D eigenvalue weighted by molar-refractivity contribution is 7.99. The number of carbonyl (C=O) groups excluding carboxylic acids is 1. The van der Waals surface area contributed by atoms with Crippen LogP contribution in [0.2, 0.25) is 0 Å². The van der Waals surface area contributed by atoms with Crippen molar-refractivity contribution in [3.63, 3.8) is 0 Å². The van der Waals surface area contributed by atoms with Crippen LogP contribution in [-0.4, -0.2) is 34.0 Å². The maximum Gasteiger partial charge on any atom is 0.225 e. The minimum Gasteiger partial charge on any atom is -0.497 e. The number of anilines is 1. The third kappa shape index (κ3) is 4.69. The van der Waals surface area contributed by atoms with Crippen molar-refractivity contribution in [2.45, 2.75) is 11.6 Å². The van der Waals surface area contributed by atoms with E-state index in [9.17, 15) is 4.79 Å². The lowest BCUT2D eigenvalue weighted by Gasteiger charge is -2.07. The zero-order valence-corrected chi connectivity index (χ0v) is 16.9. The number of nitrogens with zero attached hydrogens (tertiary/aromatic N) is 3. The Morgan fingerprint density at radius 1 is 1.03 bits per heavy atom. The van der Waals surface area contributed by atoms with Crippen LogP contribution < -0.4 is 10.1 Å². The number of nitrogens with one attached hydrogen (secondary N) is 1. The highest BCUT2D eigenvalue weighted by atomic mass is 32.2. The van der Waals surface area contributed by atoms with Gasteiger partial charge in [-0.1, -0.05) is 17.8 Å². The summed E-state index contributed by atoms with van der Waals surface area (Å²) in [6.45, 7) is 0. The quantitative estimate of drug-likeness (QED) is 0.413. The summed E-state index contributed by atoms with van der Waals surface area (Å²) in [5.74, 6) is 2.19. The third-order valence-corrected chi connectivity index (χ3v) is 4.93. The molecule has 3 aromatic heterocycles. The highest BCUT2D eigenvalue weighted by Crippen LogP contribution is 2.30. The Morgan fingerprint density at radius 2 is 1.80 bits per heavy atom. The number of furan rings is 2. The second kappa shape index (κ2) is 9.27. The fraction of sp³-hybridized carbons (Fsp3) is 0.143. The molecule has 0 bridgehead atoms. The number of carbonyl (C=O) groups is 1. The summed E-state index contributed by atoms with van der Waals surface area (Å²) >= 11 is 1.34. The number of benzene rings is 1. The molecule has 0 radical (unpaired) electrons. The molecule has 0 saturated heterocycles. The van der Waals surface area contributed by atoms with Crippen LogP contribution in [0.25, 0.3) is 22.9 Å². The second-order valence-electron chi connectivity index (χ2n) is 6.12. The first-order valence-corrected chi connectivity index (χ1v) is 10.1. The lowest BCUT2D eigenvalue weighted by Crippen LogP contribution is -2.12. The van der Waals surface area contributed by atoms with E-state index in [4.69, 9.17) is 13.6 Å². The molecule has 3 heterocycles. The molecule has 0 aliphatic rings. The number of rotatable bonds is 8. The van der Waals surface area contributed by atoms with E-state index >= 15 is 0 Å². The van der Waals surface area contributed by atoms with Gasteiger partial charge in [-0.15, -0.1) is 10.2 Å². The molecule has 8 nitrogen and oxygen atoms in total. The maximum absolute atomic E-state index is 12.2. The van der Waals surface area contributed by atoms with Gasteiger partial charge in [-0.25, -0.2) is 4.98 Å². The van der Waals surface area contributed by atoms with Gasteiger partial charge in [0.25, 0.3) is 0 Å². The molecule has 0 saturated carbocycles. The zero-order valence-electron chi connectivity index (χ0n) is 16.1. The van der Waals surface area contributed by atoms with Crippen LogP contribution in [0.4, 0.5) is 5.69 Å². The predicted molar refractivity (Wildman–Crippen MR) is 112 cm³/mol. The summed E-state index contributed by atoms with van der Waals surface area (Å²) in [7, 11) is 1.58. The molecule has 4 rings (SSSR count). The van der Waals surface area contributed by atoms with E-state index in [1.807, 2.05) is 18.2 Å². The molecule has 152 valence electrons. The number of hydrogen-bond acceptors (Lipinski definition) is 8. The highest BCUT2D eigenvalue weighted by Gasteiger charge is 2.18. The molecule has 1 aromatic carbocycles. The molecule has 0 fully saturated rings. The van der Waals surface area contributed by atoms with Gasteiger partial charge in [-0.2, -0.15) is 0 Å². The van der Waals surface area contributed by atoms with Crippen molar-refractivity contribution in [3.8, 4) is 28.7 Å². The first-order chi connectivity index (χ1) is 14.7. The molecule has 0 aliphatic carbocycles. The molecule has 1 amide bonds. The van der Waals surface area contributed by atoms with Crippen LogP contribution in [0.1, 0.15) is 6.42 Å². The summed E-state index contributed by atoms with van der Waals surface area (Å²) in [5.41, 5.74) is 1.72. The van der Waals surface area contributed by atoms with E-state index in [0.717, 1.165) is 0 Å². The van der Waals surface area contributed by atoms with Crippen LogP contribution in [0.3, 0.4) is 0 Å². The van der Waals surface area contributed by atoms with E-state index in [1.54, 1.807) is 50.0 Å². The molecule has 30 heavy (non-hydrogen) atoms. The summed E-state index contributed by atoms with van der Waals surface area (Å²) in [6, 6.07) is 14.3. The van der Waals surface area contributed by atoms with E-state index in [1.165, 1.54) is 11.8 Å². The van der Waals surface area contributed by atoms with Crippen molar-refractivity contribution in [2.75, 3.05) is 18.2 Å². The Labute approximate surface area is 176 Å². The number of ether oxygens (including phenoxy) is 1. The first kappa shape index (κ1) is 19.7. The molecule has 0 aliphatic heterocycles. The number of hydrogen-bond donors (Lipinski definition) is 1. The molecule has 0 atom stereocenters. The van der Waals surface area contributed by atoms with E-state index < -0.39 is 0 Å². The minimum atomic E-state index is -0.109. The standard InChI is InChI=1S/C21H18N4O4S/c1-27-15-6-2-5-14(13-15)22-18(26)9-12-30-21-23-19(16-7-3-10-28-16)20(24-25-21)17-8-4-11-29-17/h2-8,10-11,13H,9,12H2,1H3,(H,22,26). The van der Waals surface area contributed by atoms with Crippen molar-refractivity contribution in [1.29, 1.82) is 0 Å². The van der Waals surface area contributed by atoms with Crippen molar-refractivity contribution in [3.05, 3.63) is 61.1 Å². The minimum absolute atomic E-state index is 0.109. The maximum atomic E-state index is 12.2. The third-order valence-electron chi connectivity index (χ3n) is 4.09. The second-order valence-corrected chi connectivity index (χ2v) is 7.19. The van der Waals surface area contributed by atoms with Crippen LogP contribution in [0.5, 0.6) is 5.75 Å². The van der Waals surface area contributed by atoms with E-state index in [-0.39, 0.29) is 5.91 Å².